The monoisotopic (exact) mass is 441 g/mol. The molecular weight excluding hydrogens is 418 g/mol. The topological polar surface area (TPSA) is 102 Å². The van der Waals surface area contributed by atoms with Crippen molar-refractivity contribution in [2.45, 2.75) is 31.6 Å². The summed E-state index contributed by atoms with van der Waals surface area (Å²) in [6.45, 7) is 3.63. The average molecular weight is 442 g/mol. The van der Waals surface area contributed by atoms with E-state index >= 15 is 0 Å². The third-order valence-corrected chi connectivity index (χ3v) is 7.09. The number of hydrogen-bond acceptors (Lipinski definition) is 6. The second kappa shape index (κ2) is 8.07. The summed E-state index contributed by atoms with van der Waals surface area (Å²) in [6.07, 6.45) is 1.20. The van der Waals surface area contributed by atoms with Crippen LogP contribution in [0.3, 0.4) is 0 Å². The van der Waals surface area contributed by atoms with E-state index in [9.17, 15) is 13.2 Å². The molecule has 0 radical (unpaired) electrons. The second-order valence-electron chi connectivity index (χ2n) is 7.19. The molecule has 0 unspecified atom stereocenters. The number of aromatic nitrogens is 1. The predicted molar refractivity (Wildman–Crippen MR) is 117 cm³/mol. The third-order valence-electron chi connectivity index (χ3n) is 5.25. The average Bonchev–Trinajstić information content (AvgIpc) is 3.37. The van der Waals surface area contributed by atoms with Crippen molar-refractivity contribution in [3.8, 4) is 16.9 Å². The first kappa shape index (κ1) is 20.9. The van der Waals surface area contributed by atoms with Crippen LogP contribution in [0, 0.1) is 0 Å². The number of aryl methyl sites for hydroxylation is 1. The number of amides is 1. The Hall–Kier alpha value is -3.33. The highest BCUT2D eigenvalue weighted by molar-refractivity contribution is 7.93. The molecule has 1 aliphatic rings. The summed E-state index contributed by atoms with van der Waals surface area (Å²) in [5, 5.41) is 6.65. The van der Waals surface area contributed by atoms with Crippen LogP contribution in [0.2, 0.25) is 0 Å². The minimum atomic E-state index is -3.89. The minimum Gasteiger partial charge on any atom is -0.495 e. The molecule has 1 aromatic heterocycles. The van der Waals surface area contributed by atoms with Crippen LogP contribution in [0.15, 0.2) is 51.9 Å². The standard InChI is InChI=1S/C22H23N3O5S/c1-4-17-21(22(30-24-17)23-14(2)26)16-9-10-19(29-3)20(13-16)31(27,28)25-12-11-15-7-5-6-8-18(15)25/h5-10,13H,4,11-12H2,1-3H3,(H,23,26). The molecular formula is C22H23N3O5S. The maximum atomic E-state index is 13.7. The van der Waals surface area contributed by atoms with Crippen molar-refractivity contribution in [1.82, 2.24) is 5.16 Å². The molecule has 0 atom stereocenters. The number of hydrogen-bond donors (Lipinski definition) is 1. The van der Waals surface area contributed by atoms with Crippen molar-refractivity contribution in [1.29, 1.82) is 0 Å². The van der Waals surface area contributed by atoms with Crippen LogP contribution >= 0.6 is 0 Å². The van der Waals surface area contributed by atoms with Crippen LogP contribution in [0.1, 0.15) is 25.1 Å². The summed E-state index contributed by atoms with van der Waals surface area (Å²) in [7, 11) is -2.46. The van der Waals surface area contributed by atoms with E-state index in [2.05, 4.69) is 10.5 Å². The molecule has 162 valence electrons. The zero-order valence-corrected chi connectivity index (χ0v) is 18.3. The molecule has 2 aromatic carbocycles. The van der Waals surface area contributed by atoms with Gasteiger partial charge in [0.15, 0.2) is 0 Å². The molecule has 4 rings (SSSR count). The number of nitrogens with zero attached hydrogens (tertiary/aromatic N) is 2. The summed E-state index contributed by atoms with van der Waals surface area (Å²) in [6, 6.07) is 12.3. The first-order valence-corrected chi connectivity index (χ1v) is 11.4. The largest absolute Gasteiger partial charge is 0.495 e. The number of fused-ring (bicyclic) bond motifs is 1. The van der Waals surface area contributed by atoms with Gasteiger partial charge in [0, 0.05) is 13.5 Å². The number of benzene rings is 2. The van der Waals surface area contributed by atoms with Crippen LogP contribution in [0.25, 0.3) is 11.1 Å². The lowest BCUT2D eigenvalue weighted by atomic mass is 10.0. The van der Waals surface area contributed by atoms with Crippen molar-refractivity contribution in [3.05, 3.63) is 53.7 Å². The van der Waals surface area contributed by atoms with Crippen molar-refractivity contribution in [3.63, 3.8) is 0 Å². The number of carbonyl (C=O) groups is 1. The van der Waals surface area contributed by atoms with Crippen LogP contribution in [0.4, 0.5) is 11.6 Å². The molecule has 0 fully saturated rings. The molecule has 31 heavy (non-hydrogen) atoms. The second-order valence-corrected chi connectivity index (χ2v) is 9.02. The Bertz CT molecular complexity index is 1250. The summed E-state index contributed by atoms with van der Waals surface area (Å²) in [4.78, 5) is 11.6. The molecule has 8 nitrogen and oxygen atoms in total. The van der Waals surface area contributed by atoms with E-state index in [1.54, 1.807) is 24.3 Å². The Balaban J connectivity index is 1.85. The third kappa shape index (κ3) is 3.65. The summed E-state index contributed by atoms with van der Waals surface area (Å²) in [5.74, 6) is 0.114. The van der Waals surface area contributed by atoms with Crippen LogP contribution < -0.4 is 14.4 Å². The Morgan fingerprint density at radius 2 is 2.03 bits per heavy atom. The van der Waals surface area contributed by atoms with E-state index in [1.807, 2.05) is 25.1 Å². The highest BCUT2D eigenvalue weighted by Crippen LogP contribution is 2.39. The van der Waals surface area contributed by atoms with Crippen molar-refractivity contribution in [2.24, 2.45) is 0 Å². The lowest BCUT2D eigenvalue weighted by molar-refractivity contribution is -0.114. The zero-order valence-electron chi connectivity index (χ0n) is 17.5. The van der Waals surface area contributed by atoms with Gasteiger partial charge >= 0.3 is 0 Å². The molecule has 2 heterocycles. The summed E-state index contributed by atoms with van der Waals surface area (Å²) >= 11 is 0. The minimum absolute atomic E-state index is 0.0428. The van der Waals surface area contributed by atoms with Gasteiger partial charge in [0.25, 0.3) is 10.0 Å². The highest BCUT2D eigenvalue weighted by Gasteiger charge is 2.33. The highest BCUT2D eigenvalue weighted by atomic mass is 32.2. The first-order valence-electron chi connectivity index (χ1n) is 9.92. The quantitative estimate of drug-likeness (QED) is 0.627. The number of para-hydroxylation sites is 1. The molecule has 0 bridgehead atoms. The molecule has 0 spiro atoms. The number of sulfonamides is 1. The van der Waals surface area contributed by atoms with Crippen molar-refractivity contribution in [2.75, 3.05) is 23.3 Å². The van der Waals surface area contributed by atoms with Crippen LogP contribution in [0.5, 0.6) is 5.75 Å². The van der Waals surface area contributed by atoms with Gasteiger partial charge in [0.1, 0.15) is 10.6 Å². The lowest BCUT2D eigenvalue weighted by Gasteiger charge is -2.21. The number of rotatable bonds is 6. The van der Waals surface area contributed by atoms with Gasteiger partial charge in [-0.15, -0.1) is 0 Å². The zero-order chi connectivity index (χ0) is 22.2. The van der Waals surface area contributed by atoms with Gasteiger partial charge in [-0.2, -0.15) is 0 Å². The normalized spacial score (nSPS) is 13.2. The van der Waals surface area contributed by atoms with Gasteiger partial charge in [-0.05, 0) is 42.2 Å². The molecule has 1 N–H and O–H groups in total. The van der Waals surface area contributed by atoms with Gasteiger partial charge in [0.2, 0.25) is 11.8 Å². The van der Waals surface area contributed by atoms with E-state index in [-0.39, 0.29) is 22.4 Å². The van der Waals surface area contributed by atoms with Gasteiger partial charge in [-0.1, -0.05) is 36.3 Å². The Morgan fingerprint density at radius 1 is 1.26 bits per heavy atom. The Kier molecular flexibility index (Phi) is 5.45. The van der Waals surface area contributed by atoms with E-state index in [0.717, 1.165) is 5.56 Å². The Morgan fingerprint density at radius 3 is 2.74 bits per heavy atom. The lowest BCUT2D eigenvalue weighted by Crippen LogP contribution is -2.29. The van der Waals surface area contributed by atoms with Crippen molar-refractivity contribution >= 4 is 27.5 Å². The maximum Gasteiger partial charge on any atom is 0.268 e. The number of ether oxygens (including phenoxy) is 1. The van der Waals surface area contributed by atoms with E-state index in [0.29, 0.717) is 41.9 Å². The van der Waals surface area contributed by atoms with Crippen LogP contribution in [-0.2, 0) is 27.7 Å². The molecule has 0 aliphatic carbocycles. The smallest absolute Gasteiger partial charge is 0.268 e. The number of nitrogens with one attached hydrogen (secondary N) is 1. The number of anilines is 2. The van der Waals surface area contributed by atoms with Gasteiger partial charge in [0.05, 0.1) is 24.1 Å². The molecule has 1 aliphatic heterocycles. The van der Waals surface area contributed by atoms with Gasteiger partial charge in [-0.3, -0.25) is 14.4 Å². The van der Waals surface area contributed by atoms with Gasteiger partial charge in [-0.25, -0.2) is 8.42 Å². The molecule has 1 amide bonds. The SMILES string of the molecule is CCc1noc(NC(C)=O)c1-c1ccc(OC)c(S(=O)(=O)N2CCc3ccccc32)c1. The fourth-order valence-electron chi connectivity index (χ4n) is 3.82. The van der Waals surface area contributed by atoms with Gasteiger partial charge < -0.3 is 9.26 Å². The maximum absolute atomic E-state index is 13.7. The summed E-state index contributed by atoms with van der Waals surface area (Å²) in [5.41, 5.74) is 3.39. The molecule has 0 saturated heterocycles. The first-order chi connectivity index (χ1) is 14.9. The van der Waals surface area contributed by atoms with E-state index in [1.165, 1.54) is 18.3 Å². The number of carbonyl (C=O) groups excluding carboxylic acids is 1. The number of methoxy groups -OCH3 is 1. The molecule has 9 heteroatoms. The van der Waals surface area contributed by atoms with Crippen molar-refractivity contribution < 1.29 is 22.5 Å². The van der Waals surface area contributed by atoms with Crippen LogP contribution in [-0.4, -0.2) is 33.1 Å². The van der Waals surface area contributed by atoms with E-state index < -0.39 is 10.0 Å². The molecule has 3 aromatic rings. The summed E-state index contributed by atoms with van der Waals surface area (Å²) < 4.78 is 39.4. The predicted octanol–water partition coefficient (Wildman–Crippen LogP) is 3.62. The molecule has 0 saturated carbocycles. The Labute approximate surface area is 180 Å². The van der Waals surface area contributed by atoms with E-state index in [4.69, 9.17) is 9.26 Å². The fourth-order valence-corrected chi connectivity index (χ4v) is 5.51. The fraction of sp³-hybridized carbons (Fsp3) is 0.273.